The highest BCUT2D eigenvalue weighted by Crippen LogP contribution is 2.25. The standard InChI is InChI=1S/C17H18N2O3/c1-11-4-6-14(8-12(11)2)17(21)19-18-10-13-5-7-16(22-3)15(20)9-13/h4-10,20H,1-3H3,(H,19,21). The summed E-state index contributed by atoms with van der Waals surface area (Å²) in [5.41, 5.74) is 5.85. The summed E-state index contributed by atoms with van der Waals surface area (Å²) in [6.45, 7) is 3.95. The zero-order valence-electron chi connectivity index (χ0n) is 12.8. The van der Waals surface area contributed by atoms with Gasteiger partial charge in [0, 0.05) is 5.56 Å². The van der Waals surface area contributed by atoms with Gasteiger partial charge in [-0.1, -0.05) is 6.07 Å². The molecule has 0 saturated carbocycles. The minimum Gasteiger partial charge on any atom is -0.504 e. The Morgan fingerprint density at radius 2 is 1.95 bits per heavy atom. The molecule has 5 nitrogen and oxygen atoms in total. The molecule has 0 aliphatic carbocycles. The lowest BCUT2D eigenvalue weighted by Crippen LogP contribution is -2.17. The molecular formula is C17H18N2O3. The molecule has 2 N–H and O–H groups in total. The first-order valence-corrected chi connectivity index (χ1v) is 6.79. The van der Waals surface area contributed by atoms with Crippen LogP contribution in [0.5, 0.6) is 11.5 Å². The van der Waals surface area contributed by atoms with E-state index in [9.17, 15) is 9.90 Å². The molecule has 0 saturated heterocycles. The maximum Gasteiger partial charge on any atom is 0.271 e. The molecule has 0 aromatic heterocycles. The first-order valence-electron chi connectivity index (χ1n) is 6.79. The van der Waals surface area contributed by atoms with Crippen LogP contribution in [-0.2, 0) is 0 Å². The number of amides is 1. The predicted molar refractivity (Wildman–Crippen MR) is 85.6 cm³/mol. The molecule has 22 heavy (non-hydrogen) atoms. The number of carbonyl (C=O) groups is 1. The number of hydrazone groups is 1. The molecule has 1 amide bonds. The van der Waals surface area contributed by atoms with E-state index < -0.39 is 0 Å². The van der Waals surface area contributed by atoms with Crippen molar-refractivity contribution in [3.63, 3.8) is 0 Å². The SMILES string of the molecule is COc1ccc(C=NNC(=O)c2ccc(C)c(C)c2)cc1O. The van der Waals surface area contributed by atoms with E-state index in [0.29, 0.717) is 16.9 Å². The number of rotatable bonds is 4. The first kappa shape index (κ1) is 15.6. The number of ether oxygens (including phenoxy) is 1. The van der Waals surface area contributed by atoms with Crippen LogP contribution in [0.25, 0.3) is 0 Å². The first-order chi connectivity index (χ1) is 10.5. The smallest absolute Gasteiger partial charge is 0.271 e. The second-order valence-corrected chi connectivity index (χ2v) is 4.93. The number of aromatic hydroxyl groups is 1. The van der Waals surface area contributed by atoms with Crippen LogP contribution in [0.1, 0.15) is 27.0 Å². The third-order valence-electron chi connectivity index (χ3n) is 3.35. The van der Waals surface area contributed by atoms with Crippen LogP contribution in [0.2, 0.25) is 0 Å². The fraction of sp³-hybridized carbons (Fsp3) is 0.176. The van der Waals surface area contributed by atoms with Gasteiger partial charge in [0.2, 0.25) is 0 Å². The van der Waals surface area contributed by atoms with E-state index >= 15 is 0 Å². The number of phenolic OH excluding ortho intramolecular Hbond substituents is 1. The third kappa shape index (κ3) is 3.63. The maximum atomic E-state index is 12.0. The lowest BCUT2D eigenvalue weighted by Gasteiger charge is -2.04. The number of hydrogen-bond donors (Lipinski definition) is 2. The Morgan fingerprint density at radius 3 is 2.59 bits per heavy atom. The van der Waals surface area contributed by atoms with Gasteiger partial charge in [-0.05, 0) is 60.9 Å². The topological polar surface area (TPSA) is 70.9 Å². The van der Waals surface area contributed by atoms with Crippen molar-refractivity contribution in [2.45, 2.75) is 13.8 Å². The summed E-state index contributed by atoms with van der Waals surface area (Å²) in [5, 5.41) is 13.6. The van der Waals surface area contributed by atoms with E-state index in [1.807, 2.05) is 26.0 Å². The van der Waals surface area contributed by atoms with Gasteiger partial charge in [0.05, 0.1) is 13.3 Å². The lowest BCUT2D eigenvalue weighted by atomic mass is 10.1. The van der Waals surface area contributed by atoms with Gasteiger partial charge in [-0.3, -0.25) is 4.79 Å². The molecule has 0 aliphatic rings. The van der Waals surface area contributed by atoms with Crippen LogP contribution in [0.15, 0.2) is 41.5 Å². The molecule has 5 heteroatoms. The van der Waals surface area contributed by atoms with Crippen molar-refractivity contribution < 1.29 is 14.6 Å². The number of benzene rings is 2. The molecule has 2 aromatic carbocycles. The number of aryl methyl sites for hydroxylation is 2. The van der Waals surface area contributed by atoms with Crippen LogP contribution < -0.4 is 10.2 Å². The van der Waals surface area contributed by atoms with Gasteiger partial charge in [0.15, 0.2) is 11.5 Å². The zero-order chi connectivity index (χ0) is 16.1. The number of nitrogens with zero attached hydrogens (tertiary/aromatic N) is 1. The van der Waals surface area contributed by atoms with Gasteiger partial charge in [-0.2, -0.15) is 5.10 Å². The van der Waals surface area contributed by atoms with E-state index in [2.05, 4.69) is 10.5 Å². The number of methoxy groups -OCH3 is 1. The van der Waals surface area contributed by atoms with Gasteiger partial charge in [-0.25, -0.2) is 5.43 Å². The maximum absolute atomic E-state index is 12.0. The average molecular weight is 298 g/mol. The molecule has 0 fully saturated rings. The fourth-order valence-electron chi connectivity index (χ4n) is 1.90. The monoisotopic (exact) mass is 298 g/mol. The molecule has 0 spiro atoms. The molecule has 0 radical (unpaired) electrons. The van der Waals surface area contributed by atoms with Gasteiger partial charge in [0.1, 0.15) is 0 Å². The summed E-state index contributed by atoms with van der Waals surface area (Å²) >= 11 is 0. The van der Waals surface area contributed by atoms with E-state index in [-0.39, 0.29) is 11.7 Å². The van der Waals surface area contributed by atoms with Gasteiger partial charge < -0.3 is 9.84 Å². The second-order valence-electron chi connectivity index (χ2n) is 4.93. The van der Waals surface area contributed by atoms with Crippen LogP contribution >= 0.6 is 0 Å². The number of nitrogens with one attached hydrogen (secondary N) is 1. The van der Waals surface area contributed by atoms with Crippen LogP contribution in [0.3, 0.4) is 0 Å². The molecule has 0 aliphatic heterocycles. The minimum absolute atomic E-state index is 0.0203. The highest BCUT2D eigenvalue weighted by molar-refractivity contribution is 5.95. The van der Waals surface area contributed by atoms with Gasteiger partial charge in [0.25, 0.3) is 5.91 Å². The summed E-state index contributed by atoms with van der Waals surface area (Å²) in [6.07, 6.45) is 1.46. The van der Waals surface area contributed by atoms with Crippen molar-refractivity contribution in [2.24, 2.45) is 5.10 Å². The third-order valence-corrected chi connectivity index (χ3v) is 3.35. The van der Waals surface area contributed by atoms with Crippen LogP contribution in [0, 0.1) is 13.8 Å². The quantitative estimate of drug-likeness (QED) is 0.673. The summed E-state index contributed by atoms with van der Waals surface area (Å²) < 4.78 is 4.96. The normalized spacial score (nSPS) is 10.7. The Balaban J connectivity index is 2.04. The molecular weight excluding hydrogens is 280 g/mol. The summed E-state index contributed by atoms with van der Waals surface area (Å²) in [5.74, 6) is 0.125. The van der Waals surface area contributed by atoms with Crippen molar-refractivity contribution in [3.05, 3.63) is 58.7 Å². The van der Waals surface area contributed by atoms with Crippen molar-refractivity contribution in [1.29, 1.82) is 0 Å². The average Bonchev–Trinajstić information content (AvgIpc) is 2.50. The van der Waals surface area contributed by atoms with E-state index in [0.717, 1.165) is 11.1 Å². The number of carbonyl (C=O) groups excluding carboxylic acids is 1. The largest absolute Gasteiger partial charge is 0.504 e. The summed E-state index contributed by atoms with van der Waals surface area (Å²) in [6, 6.07) is 10.3. The Hall–Kier alpha value is -2.82. The molecule has 0 unspecified atom stereocenters. The summed E-state index contributed by atoms with van der Waals surface area (Å²) in [4.78, 5) is 12.0. The molecule has 0 heterocycles. The van der Waals surface area contributed by atoms with Gasteiger partial charge in [-0.15, -0.1) is 0 Å². The molecule has 2 aromatic rings. The minimum atomic E-state index is -0.280. The fourth-order valence-corrected chi connectivity index (χ4v) is 1.90. The predicted octanol–water partition coefficient (Wildman–Crippen LogP) is 2.78. The zero-order valence-corrected chi connectivity index (χ0v) is 12.8. The van der Waals surface area contributed by atoms with E-state index in [1.54, 1.807) is 18.2 Å². The molecule has 0 atom stereocenters. The molecule has 2 rings (SSSR count). The molecule has 0 bridgehead atoms. The van der Waals surface area contributed by atoms with E-state index in [4.69, 9.17) is 4.74 Å². The van der Waals surface area contributed by atoms with Crippen LogP contribution in [0.4, 0.5) is 0 Å². The Labute approximate surface area is 129 Å². The highest BCUT2D eigenvalue weighted by Gasteiger charge is 2.05. The van der Waals surface area contributed by atoms with E-state index in [1.165, 1.54) is 19.4 Å². The van der Waals surface area contributed by atoms with Crippen molar-refractivity contribution in [2.75, 3.05) is 7.11 Å². The summed E-state index contributed by atoms with van der Waals surface area (Å²) in [7, 11) is 1.48. The highest BCUT2D eigenvalue weighted by atomic mass is 16.5. The Kier molecular flexibility index (Phi) is 4.78. The Bertz CT molecular complexity index is 724. The molecule has 114 valence electrons. The lowest BCUT2D eigenvalue weighted by molar-refractivity contribution is 0.0955. The number of hydrogen-bond acceptors (Lipinski definition) is 4. The van der Waals surface area contributed by atoms with Gasteiger partial charge >= 0.3 is 0 Å². The Morgan fingerprint density at radius 1 is 1.18 bits per heavy atom. The second kappa shape index (κ2) is 6.76. The van der Waals surface area contributed by atoms with Crippen molar-refractivity contribution in [1.82, 2.24) is 5.43 Å². The van der Waals surface area contributed by atoms with Crippen molar-refractivity contribution in [3.8, 4) is 11.5 Å². The van der Waals surface area contributed by atoms with Crippen LogP contribution in [-0.4, -0.2) is 24.3 Å². The van der Waals surface area contributed by atoms with Crippen molar-refractivity contribution >= 4 is 12.1 Å². The number of phenols is 1.